The molecule has 3 nitrogen and oxygen atoms in total. The number of nitrogens with zero attached hydrogens (tertiary/aromatic N) is 1. The number of halogens is 1. The van der Waals surface area contributed by atoms with Gasteiger partial charge in [0.05, 0.1) is 10.7 Å². The Hall–Kier alpha value is -2.05. The van der Waals surface area contributed by atoms with Gasteiger partial charge in [-0.15, -0.1) is 0 Å². The van der Waals surface area contributed by atoms with Crippen molar-refractivity contribution in [3.63, 3.8) is 0 Å². The molecule has 1 aliphatic heterocycles. The van der Waals surface area contributed by atoms with Gasteiger partial charge in [0.15, 0.2) is 0 Å². The Kier molecular flexibility index (Phi) is 6.64. The number of fused-ring (bicyclic) bond motifs is 1. The lowest BCUT2D eigenvalue weighted by atomic mass is 9.88. The van der Waals surface area contributed by atoms with Crippen molar-refractivity contribution in [2.45, 2.75) is 45.5 Å². The molecule has 156 valence electrons. The maximum atomic E-state index is 6.22. The number of benzene rings is 3. The van der Waals surface area contributed by atoms with Crippen molar-refractivity contribution in [3.05, 3.63) is 92.6 Å². The molecule has 4 rings (SSSR count). The molecule has 0 N–H and O–H groups in total. The summed E-state index contributed by atoms with van der Waals surface area (Å²) in [6, 6.07) is 23.8. The summed E-state index contributed by atoms with van der Waals surface area (Å²) in [5, 5.41) is 0. The summed E-state index contributed by atoms with van der Waals surface area (Å²) in [5.74, 6) is 1.83. The van der Waals surface area contributed by atoms with Crippen LogP contribution < -0.4 is 9.47 Å². The molecule has 2 atom stereocenters. The molecule has 0 spiro atoms. The predicted molar refractivity (Wildman–Crippen MR) is 130 cm³/mol. The van der Waals surface area contributed by atoms with Crippen molar-refractivity contribution < 1.29 is 9.47 Å². The van der Waals surface area contributed by atoms with Crippen molar-refractivity contribution >= 4 is 22.6 Å². The quantitative estimate of drug-likeness (QED) is 0.357. The summed E-state index contributed by atoms with van der Waals surface area (Å²) in [4.78, 5) is 2.57. The first-order chi connectivity index (χ1) is 14.6. The molecule has 3 aromatic rings. The van der Waals surface area contributed by atoms with Crippen LogP contribution in [0.5, 0.6) is 11.5 Å². The van der Waals surface area contributed by atoms with Gasteiger partial charge in [-0.05, 0) is 59.5 Å². The number of methoxy groups -OCH3 is 1. The van der Waals surface area contributed by atoms with Crippen molar-refractivity contribution in [1.82, 2.24) is 4.90 Å². The number of hydrogen-bond donors (Lipinski definition) is 0. The molecule has 0 saturated heterocycles. The highest BCUT2D eigenvalue weighted by Crippen LogP contribution is 2.45. The van der Waals surface area contributed by atoms with E-state index in [0.717, 1.165) is 24.5 Å². The minimum absolute atomic E-state index is 0.274. The Balaban J connectivity index is 1.64. The van der Waals surface area contributed by atoms with E-state index in [2.05, 4.69) is 89.9 Å². The van der Waals surface area contributed by atoms with Crippen LogP contribution in [0.15, 0.2) is 66.7 Å². The predicted octanol–water partition coefficient (Wildman–Crippen LogP) is 6.39. The highest BCUT2D eigenvalue weighted by Gasteiger charge is 2.34. The van der Waals surface area contributed by atoms with Crippen LogP contribution in [0, 0.1) is 3.57 Å². The standard InChI is InChI=1S/C26H28INO2/c1-18-14-22-25(19(2)28(18)16-20-10-6-4-7-11-20)23(29-3)15-24(26(22)27)30-17-21-12-8-5-9-13-21/h4-13,15,18-19H,14,16-17H2,1-3H3/t18-,19-/m0/s1. The Morgan fingerprint density at radius 3 is 2.20 bits per heavy atom. The molecule has 3 aromatic carbocycles. The molecule has 0 fully saturated rings. The third kappa shape index (κ3) is 4.35. The fourth-order valence-corrected chi connectivity index (χ4v) is 5.21. The number of rotatable bonds is 6. The molecule has 0 amide bonds. The lowest BCUT2D eigenvalue weighted by Crippen LogP contribution is -2.41. The van der Waals surface area contributed by atoms with E-state index in [-0.39, 0.29) is 6.04 Å². The van der Waals surface area contributed by atoms with Crippen LogP contribution in [0.3, 0.4) is 0 Å². The molecule has 0 aromatic heterocycles. The smallest absolute Gasteiger partial charge is 0.137 e. The van der Waals surface area contributed by atoms with E-state index in [1.807, 2.05) is 18.2 Å². The van der Waals surface area contributed by atoms with Gasteiger partial charge in [-0.2, -0.15) is 0 Å². The average Bonchev–Trinajstić information content (AvgIpc) is 2.78. The zero-order valence-electron chi connectivity index (χ0n) is 17.8. The summed E-state index contributed by atoms with van der Waals surface area (Å²) < 4.78 is 13.3. The van der Waals surface area contributed by atoms with Crippen LogP contribution in [0.25, 0.3) is 0 Å². The van der Waals surface area contributed by atoms with Gasteiger partial charge in [0.25, 0.3) is 0 Å². The van der Waals surface area contributed by atoms with Crippen molar-refractivity contribution in [3.8, 4) is 11.5 Å². The molecule has 0 saturated carbocycles. The summed E-state index contributed by atoms with van der Waals surface area (Å²) >= 11 is 2.45. The zero-order valence-corrected chi connectivity index (χ0v) is 19.9. The Bertz CT molecular complexity index is 991. The Morgan fingerprint density at radius 2 is 1.57 bits per heavy atom. The molecule has 0 radical (unpaired) electrons. The van der Waals surface area contributed by atoms with Crippen LogP contribution in [0.2, 0.25) is 0 Å². The van der Waals surface area contributed by atoms with Crippen LogP contribution in [0.4, 0.5) is 0 Å². The maximum Gasteiger partial charge on any atom is 0.137 e. The van der Waals surface area contributed by atoms with Gasteiger partial charge in [0.2, 0.25) is 0 Å². The van der Waals surface area contributed by atoms with Crippen molar-refractivity contribution in [2.24, 2.45) is 0 Å². The van der Waals surface area contributed by atoms with E-state index in [9.17, 15) is 0 Å². The van der Waals surface area contributed by atoms with Gasteiger partial charge in [0, 0.05) is 30.3 Å². The second-order valence-electron chi connectivity index (χ2n) is 7.94. The number of ether oxygens (including phenoxy) is 2. The Morgan fingerprint density at radius 1 is 0.933 bits per heavy atom. The van der Waals surface area contributed by atoms with E-state index in [4.69, 9.17) is 9.47 Å². The second kappa shape index (κ2) is 9.40. The van der Waals surface area contributed by atoms with E-state index >= 15 is 0 Å². The minimum Gasteiger partial charge on any atom is -0.496 e. The Labute approximate surface area is 193 Å². The first kappa shape index (κ1) is 21.2. The second-order valence-corrected chi connectivity index (χ2v) is 9.02. The molecular weight excluding hydrogens is 485 g/mol. The topological polar surface area (TPSA) is 21.7 Å². The van der Waals surface area contributed by atoms with Gasteiger partial charge >= 0.3 is 0 Å². The largest absolute Gasteiger partial charge is 0.496 e. The highest BCUT2D eigenvalue weighted by molar-refractivity contribution is 14.1. The maximum absolute atomic E-state index is 6.22. The highest BCUT2D eigenvalue weighted by atomic mass is 127. The summed E-state index contributed by atoms with van der Waals surface area (Å²) in [7, 11) is 1.76. The first-order valence-corrected chi connectivity index (χ1v) is 11.5. The lowest BCUT2D eigenvalue weighted by Gasteiger charge is -2.41. The van der Waals surface area contributed by atoms with Crippen LogP contribution in [-0.2, 0) is 19.6 Å². The molecule has 1 aliphatic rings. The fraction of sp³-hybridized carbons (Fsp3) is 0.308. The van der Waals surface area contributed by atoms with Gasteiger partial charge in [-0.3, -0.25) is 4.90 Å². The minimum atomic E-state index is 0.274. The normalized spacial score (nSPS) is 18.7. The van der Waals surface area contributed by atoms with Crippen LogP contribution in [-0.4, -0.2) is 18.1 Å². The van der Waals surface area contributed by atoms with E-state index in [1.54, 1.807) is 7.11 Å². The molecule has 4 heteroatoms. The lowest BCUT2D eigenvalue weighted by molar-refractivity contribution is 0.126. The van der Waals surface area contributed by atoms with Crippen LogP contribution in [0.1, 0.15) is 42.1 Å². The third-order valence-electron chi connectivity index (χ3n) is 5.98. The van der Waals surface area contributed by atoms with Gasteiger partial charge in [-0.25, -0.2) is 0 Å². The molecular formula is C26H28INO2. The SMILES string of the molecule is COc1cc(OCc2ccccc2)c(I)c2c1[C@H](C)N(Cc1ccccc1)[C@@H](C)C2. The average molecular weight is 513 g/mol. The van der Waals surface area contributed by atoms with E-state index in [0.29, 0.717) is 12.6 Å². The first-order valence-electron chi connectivity index (χ1n) is 10.4. The zero-order chi connectivity index (χ0) is 21.1. The third-order valence-corrected chi connectivity index (χ3v) is 7.16. The molecule has 30 heavy (non-hydrogen) atoms. The fourth-order valence-electron chi connectivity index (χ4n) is 4.39. The molecule has 1 heterocycles. The molecule has 0 bridgehead atoms. The summed E-state index contributed by atoms with van der Waals surface area (Å²) in [6.07, 6.45) is 0.990. The van der Waals surface area contributed by atoms with E-state index in [1.165, 1.54) is 25.8 Å². The molecule has 0 unspecified atom stereocenters. The summed E-state index contributed by atoms with van der Waals surface area (Å²) in [6.45, 7) is 6.11. The monoisotopic (exact) mass is 513 g/mol. The molecule has 0 aliphatic carbocycles. The number of hydrogen-bond acceptors (Lipinski definition) is 3. The van der Waals surface area contributed by atoms with Crippen LogP contribution >= 0.6 is 22.6 Å². The van der Waals surface area contributed by atoms with Gasteiger partial charge < -0.3 is 9.47 Å². The summed E-state index contributed by atoms with van der Waals surface area (Å²) in [5.41, 5.74) is 5.17. The van der Waals surface area contributed by atoms with Crippen molar-refractivity contribution in [2.75, 3.05) is 7.11 Å². The van der Waals surface area contributed by atoms with Crippen molar-refractivity contribution in [1.29, 1.82) is 0 Å². The van der Waals surface area contributed by atoms with Gasteiger partial charge in [0.1, 0.15) is 18.1 Å². The van der Waals surface area contributed by atoms with E-state index < -0.39 is 0 Å². The van der Waals surface area contributed by atoms with Gasteiger partial charge in [-0.1, -0.05) is 60.7 Å².